The van der Waals surface area contributed by atoms with E-state index in [0.717, 1.165) is 5.39 Å². The average molecular weight is 292 g/mol. The van der Waals surface area contributed by atoms with Crippen LogP contribution in [-0.4, -0.2) is 29.3 Å². The van der Waals surface area contributed by atoms with Gasteiger partial charge in [-0.25, -0.2) is 14.8 Å². The number of pyridine rings is 1. The van der Waals surface area contributed by atoms with E-state index in [1.165, 1.54) is 0 Å². The summed E-state index contributed by atoms with van der Waals surface area (Å²) in [6, 6.07) is 8.87. The third-order valence-corrected chi connectivity index (χ3v) is 2.84. The van der Waals surface area contributed by atoms with E-state index in [0.29, 0.717) is 23.6 Å². The van der Waals surface area contributed by atoms with Crippen molar-refractivity contribution in [3.8, 4) is 0 Å². The molecule has 0 unspecified atom stereocenters. The summed E-state index contributed by atoms with van der Waals surface area (Å²) < 4.78 is 4.92. The Morgan fingerprint density at radius 3 is 2.85 bits per heavy atom. The minimum absolute atomic E-state index is 0.161. The van der Waals surface area contributed by atoms with Crippen molar-refractivity contribution < 1.29 is 9.53 Å². The van der Waals surface area contributed by atoms with Crippen LogP contribution in [-0.2, 0) is 4.74 Å². The molecule has 0 bridgehead atoms. The number of ether oxygens (including phenoxy) is 1. The molecule has 104 valence electrons. The van der Waals surface area contributed by atoms with Crippen molar-refractivity contribution in [3.05, 3.63) is 36.0 Å². The highest BCUT2D eigenvalue weighted by atomic mass is 35.5. The first-order valence-electron chi connectivity index (χ1n) is 6.11. The molecule has 0 radical (unpaired) electrons. The smallest absolute Gasteiger partial charge is 0.356 e. The molecule has 0 saturated carbocycles. The van der Waals surface area contributed by atoms with Gasteiger partial charge in [0.25, 0.3) is 0 Å². The van der Waals surface area contributed by atoms with Crippen LogP contribution in [0.15, 0.2) is 35.3 Å². The van der Waals surface area contributed by atoms with Crippen LogP contribution in [0.25, 0.3) is 10.9 Å². The van der Waals surface area contributed by atoms with E-state index in [-0.39, 0.29) is 11.6 Å². The first-order chi connectivity index (χ1) is 9.63. The lowest BCUT2D eigenvalue weighted by Crippen LogP contribution is -2.12. The van der Waals surface area contributed by atoms with Gasteiger partial charge in [0, 0.05) is 5.39 Å². The number of rotatable bonds is 4. The topological polar surface area (TPSA) is 77.6 Å². The van der Waals surface area contributed by atoms with Crippen LogP contribution < -0.4 is 5.73 Å². The molecule has 6 heteroatoms. The van der Waals surface area contributed by atoms with E-state index < -0.39 is 5.97 Å². The van der Waals surface area contributed by atoms with Gasteiger partial charge in [-0.15, -0.1) is 11.6 Å². The number of nitrogens with zero attached hydrogens (tertiary/aromatic N) is 2. The van der Waals surface area contributed by atoms with Crippen molar-refractivity contribution in [3.63, 3.8) is 0 Å². The van der Waals surface area contributed by atoms with Gasteiger partial charge in [0.1, 0.15) is 11.5 Å². The molecule has 1 heterocycles. The minimum atomic E-state index is -0.441. The highest BCUT2D eigenvalue weighted by molar-refractivity contribution is 6.28. The Morgan fingerprint density at radius 2 is 2.15 bits per heavy atom. The number of fused-ring (bicyclic) bond motifs is 1. The minimum Gasteiger partial charge on any atom is -0.461 e. The quantitative estimate of drug-likeness (QED) is 0.406. The molecule has 1 aromatic heterocycles. The van der Waals surface area contributed by atoms with Crippen LogP contribution in [0.5, 0.6) is 0 Å². The zero-order chi connectivity index (χ0) is 14.5. The van der Waals surface area contributed by atoms with Gasteiger partial charge in [0.05, 0.1) is 23.7 Å². The van der Waals surface area contributed by atoms with Crippen molar-refractivity contribution in [1.82, 2.24) is 4.98 Å². The standard InChI is InChI=1S/C14H14ClN3O2/c1-2-20-14(19)11-6-4-9-3-5-10(7-12(9)18-11)17-13(16)8-15/h3-7H,2,8H2,1H3,(H2,16,17). The molecule has 0 spiro atoms. The van der Waals surface area contributed by atoms with Crippen LogP contribution in [0.2, 0.25) is 0 Å². The largest absolute Gasteiger partial charge is 0.461 e. The van der Waals surface area contributed by atoms with E-state index in [9.17, 15) is 4.79 Å². The van der Waals surface area contributed by atoms with Gasteiger partial charge in [0.2, 0.25) is 0 Å². The van der Waals surface area contributed by atoms with E-state index in [1.54, 1.807) is 19.1 Å². The fourth-order valence-electron chi connectivity index (χ4n) is 1.69. The summed E-state index contributed by atoms with van der Waals surface area (Å²) in [4.78, 5) is 20.1. The van der Waals surface area contributed by atoms with E-state index in [2.05, 4.69) is 9.98 Å². The molecule has 0 fully saturated rings. The molecule has 2 N–H and O–H groups in total. The van der Waals surface area contributed by atoms with E-state index >= 15 is 0 Å². The molecule has 2 aromatic rings. The van der Waals surface area contributed by atoms with Gasteiger partial charge in [-0.1, -0.05) is 12.1 Å². The number of alkyl halides is 1. The number of aromatic nitrogens is 1. The summed E-state index contributed by atoms with van der Waals surface area (Å²) in [5, 5.41) is 0.904. The van der Waals surface area contributed by atoms with Gasteiger partial charge >= 0.3 is 5.97 Å². The molecule has 0 aliphatic rings. The second-order valence-corrected chi connectivity index (χ2v) is 4.30. The number of benzene rings is 1. The highest BCUT2D eigenvalue weighted by Crippen LogP contribution is 2.20. The molecule has 0 amide bonds. The van der Waals surface area contributed by atoms with E-state index in [1.807, 2.05) is 18.2 Å². The van der Waals surface area contributed by atoms with Crippen molar-refractivity contribution in [2.24, 2.45) is 10.7 Å². The summed E-state index contributed by atoms with van der Waals surface area (Å²) in [7, 11) is 0. The number of hydrogen-bond donors (Lipinski definition) is 1. The average Bonchev–Trinajstić information content (AvgIpc) is 2.46. The lowest BCUT2D eigenvalue weighted by molar-refractivity contribution is 0.0520. The van der Waals surface area contributed by atoms with Gasteiger partial charge in [-0.3, -0.25) is 0 Å². The Hall–Kier alpha value is -2.14. The predicted octanol–water partition coefficient (Wildman–Crippen LogP) is 2.64. The molecule has 5 nitrogen and oxygen atoms in total. The van der Waals surface area contributed by atoms with Gasteiger partial charge < -0.3 is 10.5 Å². The Kier molecular flexibility index (Phi) is 4.53. The number of carbonyl (C=O) groups excluding carboxylic acids is 1. The molecule has 1 aromatic carbocycles. The molecule has 0 atom stereocenters. The fraction of sp³-hybridized carbons (Fsp3) is 0.214. The van der Waals surface area contributed by atoms with Crippen molar-refractivity contribution >= 4 is 40.0 Å². The Morgan fingerprint density at radius 1 is 1.40 bits per heavy atom. The first kappa shape index (κ1) is 14.3. The molecular weight excluding hydrogens is 278 g/mol. The number of hydrogen-bond acceptors (Lipinski definition) is 4. The second kappa shape index (κ2) is 6.34. The van der Waals surface area contributed by atoms with Crippen LogP contribution in [0.1, 0.15) is 17.4 Å². The van der Waals surface area contributed by atoms with Crippen LogP contribution in [0.3, 0.4) is 0 Å². The Labute approximate surface area is 121 Å². The molecule has 0 saturated heterocycles. The number of aliphatic imine (C=N–C) groups is 1. The number of nitrogens with two attached hydrogens (primary N) is 1. The number of esters is 1. The van der Waals surface area contributed by atoms with Gasteiger partial charge in [-0.05, 0) is 25.1 Å². The maximum absolute atomic E-state index is 11.6. The van der Waals surface area contributed by atoms with Crippen molar-refractivity contribution in [2.75, 3.05) is 12.5 Å². The molecule has 2 rings (SSSR count). The van der Waals surface area contributed by atoms with Gasteiger partial charge in [-0.2, -0.15) is 0 Å². The number of carbonyl (C=O) groups is 1. The second-order valence-electron chi connectivity index (χ2n) is 4.03. The SMILES string of the molecule is CCOC(=O)c1ccc2ccc(N=C(N)CCl)cc2n1. The normalized spacial score (nSPS) is 11.6. The van der Waals surface area contributed by atoms with Crippen LogP contribution in [0, 0.1) is 0 Å². The summed E-state index contributed by atoms with van der Waals surface area (Å²) in [5.74, 6) is 0.0464. The maximum Gasteiger partial charge on any atom is 0.356 e. The maximum atomic E-state index is 11.6. The van der Waals surface area contributed by atoms with Crippen LogP contribution >= 0.6 is 11.6 Å². The number of halogens is 1. The lowest BCUT2D eigenvalue weighted by Gasteiger charge is -2.04. The third kappa shape index (κ3) is 3.24. The van der Waals surface area contributed by atoms with Crippen LogP contribution in [0.4, 0.5) is 5.69 Å². The fourth-order valence-corrected chi connectivity index (χ4v) is 1.75. The molecule has 20 heavy (non-hydrogen) atoms. The summed E-state index contributed by atoms with van der Waals surface area (Å²) in [6.07, 6.45) is 0. The number of amidine groups is 1. The molecule has 0 aliphatic carbocycles. The van der Waals surface area contributed by atoms with Crippen molar-refractivity contribution in [2.45, 2.75) is 6.92 Å². The predicted molar refractivity (Wildman–Crippen MR) is 79.7 cm³/mol. The van der Waals surface area contributed by atoms with E-state index in [4.69, 9.17) is 22.1 Å². The first-order valence-corrected chi connectivity index (χ1v) is 6.64. The zero-order valence-electron chi connectivity index (χ0n) is 11.0. The summed E-state index contributed by atoms with van der Waals surface area (Å²) in [6.45, 7) is 2.07. The molecular formula is C14H14ClN3O2. The van der Waals surface area contributed by atoms with Gasteiger partial charge in [0.15, 0.2) is 0 Å². The van der Waals surface area contributed by atoms with Crippen molar-refractivity contribution in [1.29, 1.82) is 0 Å². The monoisotopic (exact) mass is 291 g/mol. The zero-order valence-corrected chi connectivity index (χ0v) is 11.7. The Balaban J connectivity index is 2.42. The highest BCUT2D eigenvalue weighted by Gasteiger charge is 2.09. The molecule has 0 aliphatic heterocycles. The summed E-state index contributed by atoms with van der Waals surface area (Å²) in [5.41, 5.74) is 7.15. The summed E-state index contributed by atoms with van der Waals surface area (Å²) >= 11 is 5.59. The Bertz CT molecular complexity index is 671. The lowest BCUT2D eigenvalue weighted by atomic mass is 10.2. The third-order valence-electron chi connectivity index (χ3n) is 2.57.